The van der Waals surface area contributed by atoms with Crippen LogP contribution in [0.5, 0.6) is 0 Å². The summed E-state index contributed by atoms with van der Waals surface area (Å²) < 4.78 is 13.6. The lowest BCUT2D eigenvalue weighted by Gasteiger charge is -2.08. The fraction of sp³-hybridized carbons (Fsp3) is 0.0625. The van der Waals surface area contributed by atoms with Crippen LogP contribution in [0.3, 0.4) is 0 Å². The molecule has 0 atom stereocenters. The third kappa shape index (κ3) is 3.69. The molecule has 0 fully saturated rings. The van der Waals surface area contributed by atoms with E-state index in [0.717, 1.165) is 6.07 Å². The highest BCUT2D eigenvalue weighted by Crippen LogP contribution is 2.18. The van der Waals surface area contributed by atoms with Crippen LogP contribution in [-0.4, -0.2) is 28.3 Å². The molecule has 0 saturated heterocycles. The minimum absolute atomic E-state index is 0.0419. The zero-order valence-electron chi connectivity index (χ0n) is 12.7. The predicted octanol–water partition coefficient (Wildman–Crippen LogP) is 2.02. The maximum absolute atomic E-state index is 13.6. The standard InChI is InChI=1S/C16H12ClFN4O3/c17-9-2-1-3-10(18)14(9)15(24)19-7-13(23)20-8-4-5-11-12(6-8)22-16(25)21-11/h1-6H,7H2,(H,19,24)(H,20,23)(H2,21,22,25). The van der Waals surface area contributed by atoms with Gasteiger partial charge in [-0.2, -0.15) is 0 Å². The van der Waals surface area contributed by atoms with Crippen LogP contribution in [0.15, 0.2) is 41.2 Å². The largest absolute Gasteiger partial charge is 0.343 e. The number of halogens is 2. The van der Waals surface area contributed by atoms with E-state index in [2.05, 4.69) is 20.6 Å². The quantitative estimate of drug-likeness (QED) is 0.570. The van der Waals surface area contributed by atoms with Gasteiger partial charge in [-0.25, -0.2) is 9.18 Å². The Morgan fingerprint density at radius 1 is 1.12 bits per heavy atom. The van der Waals surface area contributed by atoms with E-state index in [1.54, 1.807) is 18.2 Å². The number of benzene rings is 2. The summed E-state index contributed by atoms with van der Waals surface area (Å²) in [5.74, 6) is -2.08. The Labute approximate surface area is 145 Å². The van der Waals surface area contributed by atoms with Gasteiger partial charge in [0.25, 0.3) is 5.91 Å². The molecular weight excluding hydrogens is 351 g/mol. The fourth-order valence-corrected chi connectivity index (χ4v) is 2.53. The molecule has 0 bridgehead atoms. The monoisotopic (exact) mass is 362 g/mol. The lowest BCUT2D eigenvalue weighted by Crippen LogP contribution is -2.33. The fourth-order valence-electron chi connectivity index (χ4n) is 2.28. The van der Waals surface area contributed by atoms with Crippen molar-refractivity contribution < 1.29 is 14.0 Å². The number of carbonyl (C=O) groups excluding carboxylic acids is 2. The molecule has 1 aromatic heterocycles. The van der Waals surface area contributed by atoms with Gasteiger partial charge in [0, 0.05) is 5.69 Å². The molecule has 3 aromatic rings. The van der Waals surface area contributed by atoms with Gasteiger partial charge in [0.2, 0.25) is 5.91 Å². The van der Waals surface area contributed by atoms with Crippen molar-refractivity contribution in [1.82, 2.24) is 15.3 Å². The molecular formula is C16H12ClFN4O3. The topological polar surface area (TPSA) is 107 Å². The first-order chi connectivity index (χ1) is 11.9. The van der Waals surface area contributed by atoms with Crippen LogP contribution in [0.25, 0.3) is 11.0 Å². The normalized spacial score (nSPS) is 10.6. The summed E-state index contributed by atoms with van der Waals surface area (Å²) in [6.45, 7) is -0.370. The number of nitrogens with one attached hydrogen (secondary N) is 4. The molecule has 1 heterocycles. The lowest BCUT2D eigenvalue weighted by molar-refractivity contribution is -0.115. The molecule has 25 heavy (non-hydrogen) atoms. The van der Waals surface area contributed by atoms with Crippen LogP contribution in [-0.2, 0) is 4.79 Å². The first kappa shape index (κ1) is 16.7. The van der Waals surface area contributed by atoms with Gasteiger partial charge in [-0.15, -0.1) is 0 Å². The Morgan fingerprint density at radius 2 is 1.88 bits per heavy atom. The van der Waals surface area contributed by atoms with E-state index >= 15 is 0 Å². The molecule has 0 unspecified atom stereocenters. The van der Waals surface area contributed by atoms with Crippen molar-refractivity contribution in [2.75, 3.05) is 11.9 Å². The van der Waals surface area contributed by atoms with Gasteiger partial charge in [0.1, 0.15) is 5.82 Å². The summed E-state index contributed by atoms with van der Waals surface area (Å²) in [6, 6.07) is 8.66. The van der Waals surface area contributed by atoms with Gasteiger partial charge < -0.3 is 20.6 Å². The predicted molar refractivity (Wildman–Crippen MR) is 91.3 cm³/mol. The van der Waals surface area contributed by atoms with Crippen LogP contribution in [0.4, 0.5) is 10.1 Å². The number of anilines is 1. The smallest absolute Gasteiger partial charge is 0.323 e. The van der Waals surface area contributed by atoms with Gasteiger partial charge in [0.05, 0.1) is 28.2 Å². The van der Waals surface area contributed by atoms with E-state index in [1.165, 1.54) is 12.1 Å². The number of aromatic amines is 2. The van der Waals surface area contributed by atoms with E-state index in [9.17, 15) is 18.8 Å². The number of hydrogen-bond acceptors (Lipinski definition) is 3. The molecule has 4 N–H and O–H groups in total. The van der Waals surface area contributed by atoms with Crippen molar-refractivity contribution in [1.29, 1.82) is 0 Å². The lowest BCUT2D eigenvalue weighted by atomic mass is 10.2. The Kier molecular flexibility index (Phi) is 4.53. The molecule has 0 aliphatic heterocycles. The molecule has 0 spiro atoms. The van der Waals surface area contributed by atoms with Gasteiger partial charge in [-0.3, -0.25) is 9.59 Å². The maximum atomic E-state index is 13.6. The van der Waals surface area contributed by atoms with Crippen LogP contribution in [0, 0.1) is 5.82 Å². The second-order valence-electron chi connectivity index (χ2n) is 5.17. The SMILES string of the molecule is O=C(CNC(=O)c1c(F)cccc1Cl)Nc1ccc2[nH]c(=O)[nH]c2c1. The number of imidazole rings is 1. The van der Waals surface area contributed by atoms with Crippen molar-refractivity contribution in [3.05, 3.63) is 63.3 Å². The minimum Gasteiger partial charge on any atom is -0.343 e. The van der Waals surface area contributed by atoms with Gasteiger partial charge in [-0.05, 0) is 30.3 Å². The van der Waals surface area contributed by atoms with Crippen LogP contribution >= 0.6 is 11.6 Å². The Bertz CT molecular complexity index is 1010. The number of amides is 2. The van der Waals surface area contributed by atoms with Crippen molar-refractivity contribution in [3.63, 3.8) is 0 Å². The second-order valence-corrected chi connectivity index (χ2v) is 5.57. The molecule has 0 radical (unpaired) electrons. The minimum atomic E-state index is -0.788. The van der Waals surface area contributed by atoms with Crippen molar-refractivity contribution in [2.24, 2.45) is 0 Å². The van der Waals surface area contributed by atoms with Crippen LogP contribution in [0.2, 0.25) is 5.02 Å². The van der Waals surface area contributed by atoms with Gasteiger partial charge >= 0.3 is 5.69 Å². The maximum Gasteiger partial charge on any atom is 0.323 e. The number of fused-ring (bicyclic) bond motifs is 1. The Morgan fingerprint density at radius 3 is 2.64 bits per heavy atom. The molecule has 9 heteroatoms. The van der Waals surface area contributed by atoms with E-state index in [4.69, 9.17) is 11.6 Å². The third-order valence-corrected chi connectivity index (χ3v) is 3.71. The summed E-state index contributed by atoms with van der Waals surface area (Å²) in [6.07, 6.45) is 0. The Hall–Kier alpha value is -3.13. The molecule has 0 saturated carbocycles. The summed E-state index contributed by atoms with van der Waals surface area (Å²) in [4.78, 5) is 40.2. The van der Waals surface area contributed by atoms with E-state index < -0.39 is 17.6 Å². The van der Waals surface area contributed by atoms with E-state index in [1.807, 2.05) is 0 Å². The average Bonchev–Trinajstić information content (AvgIpc) is 2.92. The molecule has 3 rings (SSSR count). The number of hydrogen-bond donors (Lipinski definition) is 4. The Balaban J connectivity index is 1.64. The van der Waals surface area contributed by atoms with Gasteiger partial charge in [-0.1, -0.05) is 17.7 Å². The highest BCUT2D eigenvalue weighted by Gasteiger charge is 2.16. The van der Waals surface area contributed by atoms with Crippen LogP contribution in [0.1, 0.15) is 10.4 Å². The zero-order chi connectivity index (χ0) is 18.0. The summed E-state index contributed by atoms with van der Waals surface area (Å²) >= 11 is 5.79. The van der Waals surface area contributed by atoms with Crippen molar-refractivity contribution in [2.45, 2.75) is 0 Å². The third-order valence-electron chi connectivity index (χ3n) is 3.40. The summed E-state index contributed by atoms with van der Waals surface area (Å²) in [5.41, 5.74) is 0.900. The number of rotatable bonds is 4. The van der Waals surface area contributed by atoms with E-state index in [0.29, 0.717) is 16.7 Å². The molecule has 128 valence electrons. The summed E-state index contributed by atoms with van der Waals surface area (Å²) in [5, 5.41) is 4.82. The van der Waals surface area contributed by atoms with E-state index in [-0.39, 0.29) is 22.8 Å². The van der Waals surface area contributed by atoms with Crippen molar-refractivity contribution >= 4 is 40.1 Å². The first-order valence-electron chi connectivity index (χ1n) is 7.18. The highest BCUT2D eigenvalue weighted by molar-refractivity contribution is 6.33. The van der Waals surface area contributed by atoms with Crippen molar-refractivity contribution in [3.8, 4) is 0 Å². The van der Waals surface area contributed by atoms with Gasteiger partial charge in [0.15, 0.2) is 0 Å². The molecule has 0 aliphatic carbocycles. The molecule has 2 aromatic carbocycles. The summed E-state index contributed by atoms with van der Waals surface area (Å²) in [7, 11) is 0. The second kappa shape index (κ2) is 6.78. The molecule has 0 aliphatic rings. The molecule has 2 amide bonds. The molecule has 7 nitrogen and oxygen atoms in total. The first-order valence-corrected chi connectivity index (χ1v) is 7.56. The average molecular weight is 363 g/mol. The number of H-pyrrole nitrogens is 2. The number of carbonyl (C=O) groups is 2. The highest BCUT2D eigenvalue weighted by atomic mass is 35.5. The van der Waals surface area contributed by atoms with Crippen LogP contribution < -0.4 is 16.3 Å². The zero-order valence-corrected chi connectivity index (χ0v) is 13.4. The number of aromatic nitrogens is 2.